The van der Waals surface area contributed by atoms with Gasteiger partial charge in [-0.2, -0.15) is 0 Å². The van der Waals surface area contributed by atoms with Gasteiger partial charge in [0.15, 0.2) is 6.10 Å². The van der Waals surface area contributed by atoms with E-state index in [0.29, 0.717) is 12.8 Å². The first-order valence-electron chi connectivity index (χ1n) is 23.0. The summed E-state index contributed by atoms with van der Waals surface area (Å²) in [5.41, 5.74) is 0. The van der Waals surface area contributed by atoms with Crippen LogP contribution in [0.5, 0.6) is 0 Å². The van der Waals surface area contributed by atoms with E-state index in [9.17, 15) is 14.4 Å². The number of esters is 3. The fourth-order valence-electron chi connectivity index (χ4n) is 5.60. The summed E-state index contributed by atoms with van der Waals surface area (Å²) in [4.78, 5) is 37.7. The van der Waals surface area contributed by atoms with E-state index < -0.39 is 6.10 Å². The van der Waals surface area contributed by atoms with E-state index in [4.69, 9.17) is 14.2 Å². The van der Waals surface area contributed by atoms with Gasteiger partial charge < -0.3 is 14.2 Å². The Kier molecular flexibility index (Phi) is 42.7. The zero-order valence-electron chi connectivity index (χ0n) is 37.0. The van der Waals surface area contributed by atoms with Crippen molar-refractivity contribution in [2.75, 3.05) is 13.2 Å². The van der Waals surface area contributed by atoms with E-state index in [2.05, 4.69) is 93.7 Å². The first-order valence-corrected chi connectivity index (χ1v) is 23.0. The van der Waals surface area contributed by atoms with Crippen LogP contribution in [0, 0.1) is 0 Å². The van der Waals surface area contributed by atoms with Crippen molar-refractivity contribution in [1.29, 1.82) is 0 Å². The summed E-state index contributed by atoms with van der Waals surface area (Å²) in [6, 6.07) is 0. The summed E-state index contributed by atoms with van der Waals surface area (Å²) in [5, 5.41) is 0. The molecule has 0 saturated heterocycles. The van der Waals surface area contributed by atoms with Crippen molar-refractivity contribution in [2.24, 2.45) is 0 Å². The summed E-state index contributed by atoms with van der Waals surface area (Å²) in [6.45, 7) is 6.34. The second-order valence-corrected chi connectivity index (χ2v) is 14.8. The molecule has 0 aliphatic heterocycles. The SMILES string of the molecule is CCC\C=C/C=C\C=C/C=C\C=C/CCCCCCCC(=O)OCC(COC(=O)CCCCC/C=C\C=C/CCCC)OC(=O)CCCCC/C=C\C=C/CCCC. The van der Waals surface area contributed by atoms with Gasteiger partial charge in [-0.05, 0) is 77.0 Å². The highest BCUT2D eigenvalue weighted by Gasteiger charge is 2.19. The van der Waals surface area contributed by atoms with Crippen LogP contribution >= 0.6 is 0 Å². The highest BCUT2D eigenvalue weighted by Crippen LogP contribution is 2.11. The molecule has 0 aromatic carbocycles. The van der Waals surface area contributed by atoms with Gasteiger partial charge >= 0.3 is 17.9 Å². The Balaban J connectivity index is 4.50. The molecule has 0 rings (SSSR count). The zero-order valence-corrected chi connectivity index (χ0v) is 37.0. The predicted molar refractivity (Wildman–Crippen MR) is 247 cm³/mol. The average Bonchev–Trinajstić information content (AvgIpc) is 3.22. The molecule has 0 heterocycles. The third kappa shape index (κ3) is 43.2. The molecule has 0 bridgehead atoms. The maximum Gasteiger partial charge on any atom is 0.306 e. The van der Waals surface area contributed by atoms with Crippen molar-refractivity contribution in [3.63, 3.8) is 0 Å². The molecule has 0 aromatic heterocycles. The molecule has 0 fully saturated rings. The van der Waals surface area contributed by atoms with Crippen LogP contribution < -0.4 is 0 Å². The molecule has 0 aliphatic rings. The third-order valence-corrected chi connectivity index (χ3v) is 9.13. The van der Waals surface area contributed by atoms with Gasteiger partial charge in [-0.1, -0.05) is 194 Å². The number of rotatable bonds is 39. The minimum atomic E-state index is -0.813. The molecule has 6 nitrogen and oxygen atoms in total. The van der Waals surface area contributed by atoms with Gasteiger partial charge in [-0.3, -0.25) is 14.4 Å². The van der Waals surface area contributed by atoms with Crippen LogP contribution in [0.15, 0.2) is 109 Å². The number of carbonyl (C=O) groups excluding carboxylic acids is 3. The smallest absolute Gasteiger partial charge is 0.306 e. The highest BCUT2D eigenvalue weighted by atomic mass is 16.6. The molecule has 0 aromatic rings. The highest BCUT2D eigenvalue weighted by molar-refractivity contribution is 5.71. The lowest BCUT2D eigenvalue weighted by molar-refractivity contribution is -0.167. The fraction of sp³-hybridized carbons (Fsp3) is 0.596. The molecule has 1 atom stereocenters. The minimum absolute atomic E-state index is 0.114. The molecule has 0 saturated carbocycles. The summed E-state index contributed by atoms with van der Waals surface area (Å²) in [7, 11) is 0. The van der Waals surface area contributed by atoms with Crippen molar-refractivity contribution in [3.8, 4) is 0 Å². The molecular weight excluding hydrogens is 721 g/mol. The van der Waals surface area contributed by atoms with Crippen LogP contribution in [-0.2, 0) is 28.6 Å². The molecule has 0 spiro atoms. The van der Waals surface area contributed by atoms with Crippen molar-refractivity contribution in [3.05, 3.63) is 109 Å². The van der Waals surface area contributed by atoms with Gasteiger partial charge in [0, 0.05) is 19.3 Å². The van der Waals surface area contributed by atoms with Crippen molar-refractivity contribution >= 4 is 17.9 Å². The van der Waals surface area contributed by atoms with Crippen molar-refractivity contribution in [1.82, 2.24) is 0 Å². The lowest BCUT2D eigenvalue weighted by atomic mass is 10.1. The molecular formula is C52H82O6. The maximum absolute atomic E-state index is 12.7. The molecule has 0 amide bonds. The monoisotopic (exact) mass is 803 g/mol. The van der Waals surface area contributed by atoms with Gasteiger partial charge in [0.25, 0.3) is 0 Å². The van der Waals surface area contributed by atoms with Gasteiger partial charge in [0.2, 0.25) is 0 Å². The van der Waals surface area contributed by atoms with Gasteiger partial charge in [-0.25, -0.2) is 0 Å². The molecule has 1 unspecified atom stereocenters. The zero-order chi connectivity index (χ0) is 42.3. The van der Waals surface area contributed by atoms with Crippen molar-refractivity contribution in [2.45, 2.75) is 187 Å². The number of allylic oxidation sites excluding steroid dienone is 18. The number of unbranched alkanes of at least 4 members (excludes halogenated alkanes) is 16. The Morgan fingerprint density at radius 2 is 0.655 bits per heavy atom. The number of hydrogen-bond donors (Lipinski definition) is 0. The van der Waals surface area contributed by atoms with Crippen molar-refractivity contribution < 1.29 is 28.6 Å². The number of carbonyl (C=O) groups is 3. The van der Waals surface area contributed by atoms with E-state index in [1.807, 2.05) is 36.5 Å². The second kappa shape index (κ2) is 45.8. The summed E-state index contributed by atoms with van der Waals surface area (Å²) >= 11 is 0. The largest absolute Gasteiger partial charge is 0.462 e. The summed E-state index contributed by atoms with van der Waals surface area (Å²) in [5.74, 6) is -1.01. The molecule has 326 valence electrons. The fourth-order valence-corrected chi connectivity index (χ4v) is 5.60. The minimum Gasteiger partial charge on any atom is -0.462 e. The molecule has 58 heavy (non-hydrogen) atoms. The van der Waals surface area contributed by atoms with E-state index in [1.54, 1.807) is 0 Å². The van der Waals surface area contributed by atoms with E-state index in [-0.39, 0.29) is 37.5 Å². The number of hydrogen-bond acceptors (Lipinski definition) is 6. The Morgan fingerprint density at radius 3 is 1.07 bits per heavy atom. The third-order valence-electron chi connectivity index (χ3n) is 9.13. The van der Waals surface area contributed by atoms with Crippen LogP contribution in [0.1, 0.15) is 181 Å². The van der Waals surface area contributed by atoms with Gasteiger partial charge in [0.1, 0.15) is 13.2 Å². The van der Waals surface area contributed by atoms with Gasteiger partial charge in [0.05, 0.1) is 0 Å². The van der Waals surface area contributed by atoms with E-state index in [1.165, 1.54) is 32.1 Å². The standard InChI is InChI=1S/C52H82O6/c1-4-7-10-13-16-19-22-23-24-25-26-27-28-31-33-36-39-42-45-51(54)57-48-49(58-52(55)46-43-40-37-34-30-21-18-15-12-9-6-3)47-56-50(53)44-41-38-35-32-29-20-17-14-11-8-5-2/h10,13-27,29-30,49H,4-9,11-12,28,31-48H2,1-3H3/b13-10-,17-14-,18-15-,19-16-,23-22-,25-24-,27-26-,29-20-,30-21-. The second-order valence-electron chi connectivity index (χ2n) is 14.8. The maximum atomic E-state index is 12.7. The first kappa shape index (κ1) is 54.1. The Bertz CT molecular complexity index is 1240. The van der Waals surface area contributed by atoms with Crippen LogP contribution in [0.3, 0.4) is 0 Å². The Labute approximate surface area is 355 Å². The average molecular weight is 803 g/mol. The van der Waals surface area contributed by atoms with Gasteiger partial charge in [-0.15, -0.1) is 0 Å². The predicted octanol–water partition coefficient (Wildman–Crippen LogP) is 14.8. The van der Waals surface area contributed by atoms with E-state index in [0.717, 1.165) is 109 Å². The summed E-state index contributed by atoms with van der Waals surface area (Å²) in [6.07, 6.45) is 60.7. The first-order chi connectivity index (χ1) is 28.5. The molecule has 0 aliphatic carbocycles. The van der Waals surface area contributed by atoms with Crippen LogP contribution in [0.2, 0.25) is 0 Å². The Morgan fingerprint density at radius 1 is 0.345 bits per heavy atom. The van der Waals surface area contributed by atoms with Crippen LogP contribution in [0.4, 0.5) is 0 Å². The van der Waals surface area contributed by atoms with E-state index >= 15 is 0 Å². The Hall–Kier alpha value is -3.93. The quantitative estimate of drug-likeness (QED) is 0.0267. The summed E-state index contributed by atoms with van der Waals surface area (Å²) < 4.78 is 16.6. The van der Waals surface area contributed by atoms with Crippen LogP contribution in [-0.4, -0.2) is 37.2 Å². The van der Waals surface area contributed by atoms with Crippen LogP contribution in [0.25, 0.3) is 0 Å². The molecule has 0 N–H and O–H groups in total. The number of ether oxygens (including phenoxy) is 3. The lowest BCUT2D eigenvalue weighted by Gasteiger charge is -2.18. The lowest BCUT2D eigenvalue weighted by Crippen LogP contribution is -2.30. The normalized spacial score (nSPS) is 13.1. The molecule has 0 radical (unpaired) electrons. The molecule has 6 heteroatoms. The topological polar surface area (TPSA) is 78.9 Å².